The summed E-state index contributed by atoms with van der Waals surface area (Å²) in [6.07, 6.45) is 1.46. The van der Waals surface area contributed by atoms with Crippen LogP contribution in [-0.4, -0.2) is 11.1 Å². The fraction of sp³-hybridized carbons (Fsp3) is 0.188. The molecule has 2 aromatic carbocycles. The maximum Gasteiger partial charge on any atom is 0.314 e. The third-order valence-electron chi connectivity index (χ3n) is 3.87. The van der Waals surface area contributed by atoms with Gasteiger partial charge in [0.05, 0.1) is 5.41 Å². The molecule has 0 aromatic heterocycles. The van der Waals surface area contributed by atoms with Gasteiger partial charge in [-0.05, 0) is 30.0 Å². The summed E-state index contributed by atoms with van der Waals surface area (Å²) in [5.41, 5.74) is 8.92. The molecule has 0 amide bonds. The van der Waals surface area contributed by atoms with Gasteiger partial charge in [0.25, 0.3) is 0 Å². The van der Waals surface area contributed by atoms with Crippen molar-refractivity contribution in [2.45, 2.75) is 18.3 Å². The normalized spacial score (nSPS) is 16.0. The Labute approximate surface area is 111 Å². The Hall–Kier alpha value is -2.29. The largest absolute Gasteiger partial charge is 0.481 e. The molecular weight excluding hydrogens is 238 g/mol. The summed E-state index contributed by atoms with van der Waals surface area (Å²) in [5, 5.41) is 9.27. The van der Waals surface area contributed by atoms with E-state index in [0.29, 0.717) is 0 Å². The Morgan fingerprint density at radius 1 is 1.05 bits per heavy atom. The van der Waals surface area contributed by atoms with Gasteiger partial charge in [0.2, 0.25) is 0 Å². The van der Waals surface area contributed by atoms with Crippen molar-refractivity contribution in [1.82, 2.24) is 0 Å². The second kappa shape index (κ2) is 4.12. The van der Waals surface area contributed by atoms with Crippen molar-refractivity contribution >= 4 is 11.7 Å². The van der Waals surface area contributed by atoms with Crippen LogP contribution in [0.2, 0.25) is 0 Å². The zero-order chi connectivity index (χ0) is 13.5. The molecule has 0 spiro atoms. The van der Waals surface area contributed by atoms with Gasteiger partial charge in [-0.25, -0.2) is 0 Å². The number of aliphatic carboxylic acids is 1. The van der Waals surface area contributed by atoms with Crippen LogP contribution >= 0.6 is 0 Å². The number of rotatable bonds is 3. The zero-order valence-corrected chi connectivity index (χ0v) is 10.5. The highest BCUT2D eigenvalue weighted by molar-refractivity contribution is 5.85. The van der Waals surface area contributed by atoms with Gasteiger partial charge in [-0.3, -0.25) is 4.79 Å². The Balaban J connectivity index is 1.96. The minimum Gasteiger partial charge on any atom is -0.481 e. The lowest BCUT2D eigenvalue weighted by Crippen LogP contribution is -2.19. The van der Waals surface area contributed by atoms with Crippen LogP contribution in [0, 0.1) is 0 Å². The molecule has 1 fully saturated rings. The van der Waals surface area contributed by atoms with Crippen molar-refractivity contribution in [2.75, 3.05) is 5.73 Å². The van der Waals surface area contributed by atoms with Crippen LogP contribution in [0.1, 0.15) is 18.4 Å². The van der Waals surface area contributed by atoms with Gasteiger partial charge in [-0.15, -0.1) is 0 Å². The SMILES string of the molecule is Nc1ccccc1-c1ccc(C2(C(=O)O)CC2)cc1. The predicted octanol–water partition coefficient (Wildman–Crippen LogP) is 3.05. The van der Waals surface area contributed by atoms with Crippen molar-refractivity contribution in [3.63, 3.8) is 0 Å². The standard InChI is InChI=1S/C16H15NO2/c17-14-4-2-1-3-13(14)11-5-7-12(8-6-11)16(9-10-16)15(18)19/h1-8H,9-10,17H2,(H,18,19). The molecule has 0 atom stereocenters. The first kappa shape index (κ1) is 11.8. The minimum absolute atomic E-state index is 0.638. The van der Waals surface area contributed by atoms with Gasteiger partial charge in [-0.1, -0.05) is 42.5 Å². The summed E-state index contributed by atoms with van der Waals surface area (Å²) in [6, 6.07) is 15.4. The number of benzene rings is 2. The first-order chi connectivity index (χ1) is 9.13. The Morgan fingerprint density at radius 3 is 2.21 bits per heavy atom. The summed E-state index contributed by atoms with van der Waals surface area (Å²) in [5.74, 6) is -0.723. The Kier molecular flexibility index (Phi) is 2.56. The van der Waals surface area contributed by atoms with Crippen LogP contribution in [-0.2, 0) is 10.2 Å². The molecule has 3 rings (SSSR count). The third kappa shape index (κ3) is 1.87. The van der Waals surface area contributed by atoms with E-state index in [0.717, 1.165) is 35.2 Å². The first-order valence-corrected chi connectivity index (χ1v) is 6.32. The van der Waals surface area contributed by atoms with Crippen LogP contribution < -0.4 is 5.73 Å². The molecule has 1 saturated carbocycles. The van der Waals surface area contributed by atoms with Gasteiger partial charge >= 0.3 is 5.97 Å². The zero-order valence-electron chi connectivity index (χ0n) is 10.5. The van der Waals surface area contributed by atoms with Crippen LogP contribution in [0.25, 0.3) is 11.1 Å². The van der Waals surface area contributed by atoms with E-state index < -0.39 is 11.4 Å². The van der Waals surface area contributed by atoms with Gasteiger partial charge in [0.15, 0.2) is 0 Å². The maximum atomic E-state index is 11.3. The molecular formula is C16H15NO2. The van der Waals surface area contributed by atoms with Crippen molar-refractivity contribution in [3.8, 4) is 11.1 Å². The van der Waals surface area contributed by atoms with Crippen LogP contribution in [0.3, 0.4) is 0 Å². The van der Waals surface area contributed by atoms with Crippen molar-refractivity contribution in [1.29, 1.82) is 0 Å². The van der Waals surface area contributed by atoms with E-state index >= 15 is 0 Å². The molecule has 2 aromatic rings. The predicted molar refractivity (Wildman–Crippen MR) is 74.8 cm³/mol. The van der Waals surface area contributed by atoms with E-state index in [-0.39, 0.29) is 0 Å². The molecule has 3 N–H and O–H groups in total. The number of hydrogen-bond acceptors (Lipinski definition) is 2. The molecule has 0 heterocycles. The van der Waals surface area contributed by atoms with Crippen molar-refractivity contribution in [2.24, 2.45) is 0 Å². The fourth-order valence-corrected chi connectivity index (χ4v) is 2.48. The number of hydrogen-bond donors (Lipinski definition) is 2. The number of carboxylic acid groups (broad SMARTS) is 1. The monoisotopic (exact) mass is 253 g/mol. The first-order valence-electron chi connectivity index (χ1n) is 6.32. The van der Waals surface area contributed by atoms with Crippen LogP contribution in [0.4, 0.5) is 5.69 Å². The van der Waals surface area contributed by atoms with Crippen molar-refractivity contribution < 1.29 is 9.90 Å². The third-order valence-corrected chi connectivity index (χ3v) is 3.87. The summed E-state index contributed by atoms with van der Waals surface area (Å²) < 4.78 is 0. The molecule has 1 aliphatic carbocycles. The quantitative estimate of drug-likeness (QED) is 0.826. The lowest BCUT2D eigenvalue weighted by atomic mass is 9.93. The molecule has 1 aliphatic rings. The molecule has 3 heteroatoms. The molecule has 0 unspecified atom stereocenters. The summed E-state index contributed by atoms with van der Waals surface area (Å²) in [4.78, 5) is 11.3. The highest BCUT2D eigenvalue weighted by atomic mass is 16.4. The molecule has 0 aliphatic heterocycles. The van der Waals surface area contributed by atoms with Gasteiger partial charge < -0.3 is 10.8 Å². The number of nitrogens with two attached hydrogens (primary N) is 1. The van der Waals surface area contributed by atoms with Crippen molar-refractivity contribution in [3.05, 3.63) is 54.1 Å². The van der Waals surface area contributed by atoms with Crippen LogP contribution in [0.5, 0.6) is 0 Å². The smallest absolute Gasteiger partial charge is 0.314 e. The van der Waals surface area contributed by atoms with E-state index in [1.165, 1.54) is 0 Å². The second-order valence-electron chi connectivity index (χ2n) is 5.05. The Bertz CT molecular complexity index is 627. The second-order valence-corrected chi connectivity index (χ2v) is 5.05. The highest BCUT2D eigenvalue weighted by Gasteiger charge is 2.51. The van der Waals surface area contributed by atoms with E-state index in [4.69, 9.17) is 5.73 Å². The molecule has 3 nitrogen and oxygen atoms in total. The average molecular weight is 253 g/mol. The molecule has 0 saturated heterocycles. The molecule has 19 heavy (non-hydrogen) atoms. The van der Waals surface area contributed by atoms with Gasteiger partial charge in [-0.2, -0.15) is 0 Å². The molecule has 0 bridgehead atoms. The molecule has 96 valence electrons. The average Bonchev–Trinajstić information content (AvgIpc) is 3.21. The number of carbonyl (C=O) groups is 1. The number of nitrogen functional groups attached to an aromatic ring is 1. The lowest BCUT2D eigenvalue weighted by molar-refractivity contribution is -0.140. The summed E-state index contributed by atoms with van der Waals surface area (Å²) in [7, 11) is 0. The van der Waals surface area contributed by atoms with E-state index in [2.05, 4.69) is 0 Å². The number of anilines is 1. The van der Waals surface area contributed by atoms with E-state index in [9.17, 15) is 9.90 Å². The number of para-hydroxylation sites is 1. The van der Waals surface area contributed by atoms with E-state index in [1.807, 2.05) is 48.5 Å². The topological polar surface area (TPSA) is 63.3 Å². The Morgan fingerprint density at radius 2 is 1.68 bits per heavy atom. The number of carboxylic acids is 1. The summed E-state index contributed by atoms with van der Waals surface area (Å²) in [6.45, 7) is 0. The minimum atomic E-state index is -0.723. The summed E-state index contributed by atoms with van der Waals surface area (Å²) >= 11 is 0. The maximum absolute atomic E-state index is 11.3. The van der Waals surface area contributed by atoms with Gasteiger partial charge in [0.1, 0.15) is 0 Å². The van der Waals surface area contributed by atoms with E-state index in [1.54, 1.807) is 0 Å². The molecule has 0 radical (unpaired) electrons. The highest BCUT2D eigenvalue weighted by Crippen LogP contribution is 2.48. The fourth-order valence-electron chi connectivity index (χ4n) is 2.48. The van der Waals surface area contributed by atoms with Gasteiger partial charge in [0, 0.05) is 11.3 Å². The lowest BCUT2D eigenvalue weighted by Gasteiger charge is -2.11. The van der Waals surface area contributed by atoms with Crippen LogP contribution in [0.15, 0.2) is 48.5 Å².